The fourth-order valence-electron chi connectivity index (χ4n) is 2.63. The van der Waals surface area contributed by atoms with Crippen molar-refractivity contribution in [3.63, 3.8) is 0 Å². The van der Waals surface area contributed by atoms with Crippen LogP contribution < -0.4 is 15.9 Å². The van der Waals surface area contributed by atoms with Crippen LogP contribution >= 0.6 is 18.1 Å². The van der Waals surface area contributed by atoms with Gasteiger partial charge in [0.1, 0.15) is 0 Å². The SMILES string of the molecule is [Cl][Ni][C]1=CC=CC1.c1ccc(P(c2ccccc2)c2ccccc2)cc1. The molecule has 3 aromatic rings. The number of hydrogen-bond donors (Lipinski definition) is 0. The molecule has 0 heterocycles. The molecule has 0 amide bonds. The standard InChI is InChI=1S/C18H15P.C5H5.ClH.Ni/c1-4-10-16(11-5-1)19(17-12-6-2-7-13-17)18-14-8-3-9-15-18;1-2-4-5-3-1;;/h1-15H;1-3H,4H2;1H;/q;;;+1/p-1. The van der Waals surface area contributed by atoms with Crippen molar-refractivity contribution in [2.45, 2.75) is 6.42 Å². The van der Waals surface area contributed by atoms with Gasteiger partial charge in [0, 0.05) is 0 Å². The molecule has 1 aliphatic rings. The zero-order valence-electron chi connectivity index (χ0n) is 14.2. The predicted molar refractivity (Wildman–Crippen MR) is 113 cm³/mol. The minimum Gasteiger partial charge on any atom is -0.0622 e. The Balaban J connectivity index is 0.000000236. The molecule has 0 saturated carbocycles. The van der Waals surface area contributed by atoms with Gasteiger partial charge in [0.25, 0.3) is 0 Å². The Morgan fingerprint density at radius 1 is 0.654 bits per heavy atom. The van der Waals surface area contributed by atoms with E-state index < -0.39 is 7.92 Å². The van der Waals surface area contributed by atoms with Crippen LogP contribution in [0.3, 0.4) is 0 Å². The third kappa shape index (κ3) is 5.42. The monoisotopic (exact) mass is 420 g/mol. The topological polar surface area (TPSA) is 0 Å². The molecule has 4 rings (SSSR count). The predicted octanol–water partition coefficient (Wildman–Crippen LogP) is 5.51. The maximum atomic E-state index is 5.44. The molecule has 0 N–H and O–H groups in total. The van der Waals surface area contributed by atoms with Crippen molar-refractivity contribution in [2.75, 3.05) is 0 Å². The quantitative estimate of drug-likeness (QED) is 0.385. The molecule has 0 bridgehead atoms. The zero-order valence-corrected chi connectivity index (χ0v) is 16.9. The summed E-state index contributed by atoms with van der Waals surface area (Å²) in [6.07, 6.45) is 7.18. The Bertz CT molecular complexity index is 751. The molecule has 0 saturated heterocycles. The molecule has 0 unspecified atom stereocenters. The number of hydrogen-bond acceptors (Lipinski definition) is 0. The summed E-state index contributed by atoms with van der Waals surface area (Å²) >= 11 is 1.15. The van der Waals surface area contributed by atoms with E-state index in [2.05, 4.69) is 97.1 Å². The van der Waals surface area contributed by atoms with Gasteiger partial charge in [-0.2, -0.15) is 0 Å². The second-order valence-electron chi connectivity index (χ2n) is 5.61. The van der Waals surface area contributed by atoms with Crippen LogP contribution in [0.25, 0.3) is 0 Å². The third-order valence-electron chi connectivity index (χ3n) is 3.82. The van der Waals surface area contributed by atoms with Gasteiger partial charge < -0.3 is 0 Å². The summed E-state index contributed by atoms with van der Waals surface area (Å²) in [5, 5.41) is 4.19. The van der Waals surface area contributed by atoms with E-state index in [1.165, 1.54) is 20.5 Å². The first-order chi connectivity index (χ1) is 12.9. The van der Waals surface area contributed by atoms with Crippen LogP contribution in [0.1, 0.15) is 6.42 Å². The van der Waals surface area contributed by atoms with E-state index in [4.69, 9.17) is 10.2 Å². The molecular formula is C23H20ClNiP. The van der Waals surface area contributed by atoms with E-state index in [0.717, 1.165) is 20.0 Å². The fourth-order valence-corrected chi connectivity index (χ4v) is 5.65. The molecule has 26 heavy (non-hydrogen) atoms. The van der Waals surface area contributed by atoms with Crippen molar-refractivity contribution >= 4 is 34.0 Å². The van der Waals surface area contributed by atoms with Gasteiger partial charge in [0.15, 0.2) is 0 Å². The normalized spacial score (nSPS) is 12.6. The summed E-state index contributed by atoms with van der Waals surface area (Å²) in [5.74, 6) is 0. The van der Waals surface area contributed by atoms with E-state index in [0.29, 0.717) is 0 Å². The number of halogens is 1. The maximum Gasteiger partial charge on any atom is -0.0134 e. The largest absolute Gasteiger partial charge is 0.0622 e. The van der Waals surface area contributed by atoms with Crippen molar-refractivity contribution < 1.29 is 13.5 Å². The van der Waals surface area contributed by atoms with Gasteiger partial charge in [-0.3, -0.25) is 0 Å². The summed E-state index contributed by atoms with van der Waals surface area (Å²) in [5.41, 5.74) is 0. The number of benzene rings is 3. The molecule has 0 atom stereocenters. The van der Waals surface area contributed by atoms with Gasteiger partial charge in [0.05, 0.1) is 0 Å². The van der Waals surface area contributed by atoms with Crippen molar-refractivity contribution in [3.8, 4) is 0 Å². The molecule has 134 valence electrons. The number of allylic oxidation sites excluding steroid dienone is 4. The Hall–Kier alpha value is -1.65. The van der Waals surface area contributed by atoms with Gasteiger partial charge in [-0.15, -0.1) is 0 Å². The first-order valence-corrected chi connectivity index (χ1v) is 11.6. The Kier molecular flexibility index (Phi) is 7.72. The summed E-state index contributed by atoms with van der Waals surface area (Å²) < 4.78 is 1.26. The van der Waals surface area contributed by atoms with Gasteiger partial charge in [-0.25, -0.2) is 0 Å². The summed E-state index contributed by atoms with van der Waals surface area (Å²) in [6.45, 7) is 0. The van der Waals surface area contributed by atoms with E-state index >= 15 is 0 Å². The molecule has 0 aliphatic heterocycles. The smallest absolute Gasteiger partial charge is 0.0134 e. The van der Waals surface area contributed by atoms with Crippen LogP contribution in [0, 0.1) is 0 Å². The third-order valence-corrected chi connectivity index (χ3v) is 7.51. The number of rotatable bonds is 4. The van der Waals surface area contributed by atoms with Crippen LogP contribution in [0.15, 0.2) is 114 Å². The minimum absolute atomic E-state index is 0.446. The fraction of sp³-hybridized carbons (Fsp3) is 0.0435. The molecule has 0 aromatic heterocycles. The molecular weight excluding hydrogens is 401 g/mol. The van der Waals surface area contributed by atoms with Crippen LogP contribution in [0.5, 0.6) is 0 Å². The van der Waals surface area contributed by atoms with Crippen molar-refractivity contribution in [1.82, 2.24) is 0 Å². The summed E-state index contributed by atoms with van der Waals surface area (Å²) in [7, 11) is 4.99. The summed E-state index contributed by atoms with van der Waals surface area (Å²) in [4.78, 5) is 0. The van der Waals surface area contributed by atoms with Crippen LogP contribution in [0.2, 0.25) is 0 Å². The molecule has 1 aliphatic carbocycles. The van der Waals surface area contributed by atoms with Crippen LogP contribution in [-0.4, -0.2) is 0 Å². The van der Waals surface area contributed by atoms with E-state index in [1.54, 1.807) is 0 Å². The minimum atomic E-state index is -0.446. The van der Waals surface area contributed by atoms with Crippen LogP contribution in [-0.2, 0) is 13.5 Å². The van der Waals surface area contributed by atoms with E-state index in [9.17, 15) is 0 Å². The first-order valence-electron chi connectivity index (χ1n) is 8.40. The van der Waals surface area contributed by atoms with Gasteiger partial charge >= 0.3 is 52.9 Å². The zero-order chi connectivity index (χ0) is 18.0. The van der Waals surface area contributed by atoms with Gasteiger partial charge in [-0.05, 0) is 23.8 Å². The average Bonchev–Trinajstić information content (AvgIpc) is 3.25. The van der Waals surface area contributed by atoms with Crippen molar-refractivity contribution in [1.29, 1.82) is 0 Å². The molecule has 0 nitrogen and oxygen atoms in total. The molecule has 3 aromatic carbocycles. The molecule has 0 radical (unpaired) electrons. The summed E-state index contributed by atoms with van der Waals surface area (Å²) in [6, 6.07) is 32.3. The van der Waals surface area contributed by atoms with Crippen molar-refractivity contribution in [3.05, 3.63) is 114 Å². The first kappa shape index (κ1) is 19.1. The van der Waals surface area contributed by atoms with Gasteiger partial charge in [-0.1, -0.05) is 91.0 Å². The average molecular weight is 422 g/mol. The van der Waals surface area contributed by atoms with E-state index in [1.807, 2.05) is 12.2 Å². The second-order valence-corrected chi connectivity index (χ2v) is 9.14. The Labute approximate surface area is 167 Å². The molecule has 0 spiro atoms. The maximum absolute atomic E-state index is 5.44. The second kappa shape index (κ2) is 10.5. The molecule has 0 fully saturated rings. The Morgan fingerprint density at radius 2 is 1.08 bits per heavy atom. The Morgan fingerprint density at radius 3 is 1.35 bits per heavy atom. The molecule has 3 heteroatoms. The van der Waals surface area contributed by atoms with E-state index in [-0.39, 0.29) is 0 Å². The van der Waals surface area contributed by atoms with Gasteiger partial charge in [0.2, 0.25) is 0 Å². The van der Waals surface area contributed by atoms with Crippen molar-refractivity contribution in [2.24, 2.45) is 0 Å². The van der Waals surface area contributed by atoms with Crippen LogP contribution in [0.4, 0.5) is 0 Å².